The second-order valence-electron chi connectivity index (χ2n) is 2.88. The highest BCUT2D eigenvalue weighted by molar-refractivity contribution is 5.45. The highest BCUT2D eigenvalue weighted by atomic mass is 19.4. The van der Waals surface area contributed by atoms with Crippen molar-refractivity contribution in [3.05, 3.63) is 17.3 Å². The van der Waals surface area contributed by atoms with Gasteiger partial charge in [-0.05, 0) is 0 Å². The third kappa shape index (κ3) is 2.97. The normalized spacial score (nSPS) is 11.6. The van der Waals surface area contributed by atoms with Crippen molar-refractivity contribution in [2.24, 2.45) is 5.73 Å². The van der Waals surface area contributed by atoms with Crippen molar-refractivity contribution in [2.45, 2.75) is 19.5 Å². The lowest BCUT2D eigenvalue weighted by Crippen LogP contribution is -2.20. The first-order valence-electron chi connectivity index (χ1n) is 4.22. The second-order valence-corrected chi connectivity index (χ2v) is 2.88. The van der Waals surface area contributed by atoms with Gasteiger partial charge >= 0.3 is 6.36 Å². The predicted octanol–water partition coefficient (Wildman–Crippen LogP) is 0.513. The summed E-state index contributed by atoms with van der Waals surface area (Å²) in [6.45, 7) is -0.805. The molecule has 1 aromatic heterocycles. The van der Waals surface area contributed by atoms with Gasteiger partial charge in [0.1, 0.15) is 11.6 Å². The van der Waals surface area contributed by atoms with E-state index in [1.165, 1.54) is 0 Å². The Balaban J connectivity index is 3.20. The fourth-order valence-electron chi connectivity index (χ4n) is 1.18. The first-order chi connectivity index (χ1) is 7.37. The van der Waals surface area contributed by atoms with E-state index in [0.717, 1.165) is 6.07 Å². The predicted molar refractivity (Wildman–Crippen MR) is 49.1 cm³/mol. The number of anilines is 1. The van der Waals surface area contributed by atoms with Gasteiger partial charge in [-0.25, -0.2) is 4.98 Å². The van der Waals surface area contributed by atoms with E-state index in [0.29, 0.717) is 0 Å². The largest absolute Gasteiger partial charge is 0.573 e. The van der Waals surface area contributed by atoms with E-state index in [4.69, 9.17) is 16.6 Å². The number of nitrogen functional groups attached to an aromatic ring is 1. The number of pyridine rings is 1. The molecule has 0 amide bonds. The molecular formula is C8H10F3N3O2. The molecule has 1 rings (SSSR count). The van der Waals surface area contributed by atoms with Crippen LogP contribution in [0.1, 0.15) is 11.3 Å². The van der Waals surface area contributed by atoms with E-state index < -0.39 is 18.7 Å². The van der Waals surface area contributed by atoms with Crippen LogP contribution in [0.5, 0.6) is 5.75 Å². The molecule has 1 aromatic rings. The lowest BCUT2D eigenvalue weighted by atomic mass is 10.1. The zero-order chi connectivity index (χ0) is 12.3. The molecule has 0 aliphatic carbocycles. The van der Waals surface area contributed by atoms with Crippen LogP contribution in [0, 0.1) is 0 Å². The Bertz CT molecular complexity index is 382. The SMILES string of the molecule is NCc1c(OC(F)(F)F)cc(N)nc1CO. The maximum Gasteiger partial charge on any atom is 0.573 e. The summed E-state index contributed by atoms with van der Waals surface area (Å²) in [7, 11) is 0. The molecule has 0 aromatic carbocycles. The first kappa shape index (κ1) is 12.5. The van der Waals surface area contributed by atoms with Gasteiger partial charge < -0.3 is 21.3 Å². The van der Waals surface area contributed by atoms with Crippen LogP contribution in [0.4, 0.5) is 19.0 Å². The van der Waals surface area contributed by atoms with Crippen molar-refractivity contribution in [1.82, 2.24) is 4.98 Å². The molecule has 0 bridgehead atoms. The van der Waals surface area contributed by atoms with E-state index in [1.54, 1.807) is 0 Å². The van der Waals surface area contributed by atoms with E-state index in [2.05, 4.69) is 9.72 Å². The average Bonchev–Trinajstić information content (AvgIpc) is 2.14. The van der Waals surface area contributed by atoms with E-state index >= 15 is 0 Å². The van der Waals surface area contributed by atoms with Gasteiger partial charge in [0.15, 0.2) is 0 Å². The molecule has 90 valence electrons. The third-order valence-corrected chi connectivity index (χ3v) is 1.77. The molecular weight excluding hydrogens is 227 g/mol. The summed E-state index contributed by atoms with van der Waals surface area (Å²) in [5.74, 6) is -0.716. The van der Waals surface area contributed by atoms with Crippen LogP contribution in [-0.4, -0.2) is 16.5 Å². The monoisotopic (exact) mass is 237 g/mol. The maximum atomic E-state index is 12.0. The van der Waals surface area contributed by atoms with Crippen LogP contribution in [-0.2, 0) is 13.2 Å². The molecule has 0 aliphatic heterocycles. The van der Waals surface area contributed by atoms with E-state index in [-0.39, 0.29) is 23.6 Å². The average molecular weight is 237 g/mol. The Hall–Kier alpha value is -1.54. The molecule has 8 heteroatoms. The van der Waals surface area contributed by atoms with Gasteiger partial charge in [-0.3, -0.25) is 0 Å². The Kier molecular flexibility index (Phi) is 3.55. The molecule has 16 heavy (non-hydrogen) atoms. The number of aliphatic hydroxyl groups excluding tert-OH is 1. The van der Waals surface area contributed by atoms with Crippen molar-refractivity contribution in [3.63, 3.8) is 0 Å². The van der Waals surface area contributed by atoms with Gasteiger partial charge in [0.2, 0.25) is 0 Å². The van der Waals surface area contributed by atoms with Crippen molar-refractivity contribution < 1.29 is 23.0 Å². The lowest BCUT2D eigenvalue weighted by molar-refractivity contribution is -0.274. The fourth-order valence-corrected chi connectivity index (χ4v) is 1.18. The number of halogens is 3. The standard InChI is InChI=1S/C8H10F3N3O2/c9-8(10,11)16-6-1-7(13)14-5(3-15)4(6)2-12/h1,15H,2-3,12H2,(H2,13,14). The van der Waals surface area contributed by atoms with Crippen LogP contribution in [0.25, 0.3) is 0 Å². The van der Waals surface area contributed by atoms with Crippen molar-refractivity contribution in [1.29, 1.82) is 0 Å². The van der Waals surface area contributed by atoms with E-state index in [1.807, 2.05) is 0 Å². The number of rotatable bonds is 3. The molecule has 0 saturated heterocycles. The molecule has 5 nitrogen and oxygen atoms in total. The fraction of sp³-hybridized carbons (Fsp3) is 0.375. The zero-order valence-corrected chi connectivity index (χ0v) is 8.08. The van der Waals surface area contributed by atoms with Gasteiger partial charge in [0, 0.05) is 18.2 Å². The third-order valence-electron chi connectivity index (χ3n) is 1.77. The van der Waals surface area contributed by atoms with Crippen LogP contribution in [0.3, 0.4) is 0 Å². The van der Waals surface area contributed by atoms with Gasteiger partial charge in [0.25, 0.3) is 0 Å². The molecule has 5 N–H and O–H groups in total. The van der Waals surface area contributed by atoms with Gasteiger partial charge in [-0.15, -0.1) is 13.2 Å². The molecule has 0 saturated carbocycles. The number of ether oxygens (including phenoxy) is 1. The van der Waals surface area contributed by atoms with E-state index in [9.17, 15) is 13.2 Å². The van der Waals surface area contributed by atoms with Crippen LogP contribution in [0.15, 0.2) is 6.07 Å². The Morgan fingerprint density at radius 2 is 2.06 bits per heavy atom. The molecule has 0 radical (unpaired) electrons. The minimum absolute atomic E-state index is 0.0194. The van der Waals surface area contributed by atoms with Crippen LogP contribution < -0.4 is 16.2 Å². The number of hydrogen-bond donors (Lipinski definition) is 3. The molecule has 0 aliphatic rings. The Morgan fingerprint density at radius 1 is 1.44 bits per heavy atom. The molecule has 0 spiro atoms. The van der Waals surface area contributed by atoms with Crippen LogP contribution >= 0.6 is 0 Å². The minimum atomic E-state index is -4.84. The van der Waals surface area contributed by atoms with Gasteiger partial charge in [0.05, 0.1) is 12.3 Å². The van der Waals surface area contributed by atoms with Gasteiger partial charge in [-0.1, -0.05) is 0 Å². The molecule has 0 atom stereocenters. The number of aromatic nitrogens is 1. The zero-order valence-electron chi connectivity index (χ0n) is 8.08. The lowest BCUT2D eigenvalue weighted by Gasteiger charge is -2.14. The smallest absolute Gasteiger partial charge is 0.405 e. The summed E-state index contributed by atoms with van der Waals surface area (Å²) >= 11 is 0. The summed E-state index contributed by atoms with van der Waals surface area (Å²) < 4.78 is 39.9. The number of alkyl halides is 3. The Morgan fingerprint density at radius 3 is 2.50 bits per heavy atom. The topological polar surface area (TPSA) is 94.4 Å². The summed E-state index contributed by atoms with van der Waals surface area (Å²) in [5.41, 5.74) is 10.5. The van der Waals surface area contributed by atoms with Crippen LogP contribution in [0.2, 0.25) is 0 Å². The molecule has 0 unspecified atom stereocenters. The minimum Gasteiger partial charge on any atom is -0.405 e. The number of aliphatic hydroxyl groups is 1. The molecule has 1 heterocycles. The molecule has 0 fully saturated rings. The number of nitrogens with zero attached hydrogens (tertiary/aromatic N) is 1. The summed E-state index contributed by atoms with van der Waals surface area (Å²) in [6, 6.07) is 0.912. The summed E-state index contributed by atoms with van der Waals surface area (Å²) in [4.78, 5) is 3.65. The number of nitrogens with two attached hydrogens (primary N) is 2. The van der Waals surface area contributed by atoms with Gasteiger partial charge in [-0.2, -0.15) is 0 Å². The maximum absolute atomic E-state index is 12.0. The highest BCUT2D eigenvalue weighted by Gasteiger charge is 2.32. The first-order valence-corrected chi connectivity index (χ1v) is 4.22. The quantitative estimate of drug-likeness (QED) is 0.712. The van der Waals surface area contributed by atoms with Crippen molar-refractivity contribution in [3.8, 4) is 5.75 Å². The summed E-state index contributed by atoms with van der Waals surface area (Å²) in [5, 5.41) is 8.89. The summed E-state index contributed by atoms with van der Waals surface area (Å²) in [6.07, 6.45) is -4.84. The van der Waals surface area contributed by atoms with Crippen molar-refractivity contribution >= 4 is 5.82 Å². The number of hydrogen-bond acceptors (Lipinski definition) is 5. The highest BCUT2D eigenvalue weighted by Crippen LogP contribution is 2.29. The van der Waals surface area contributed by atoms with Crippen molar-refractivity contribution in [2.75, 3.05) is 5.73 Å². The second kappa shape index (κ2) is 4.54. The Labute approximate surface area is 88.8 Å².